The zero-order valence-corrected chi connectivity index (χ0v) is 12.1. The van der Waals surface area contributed by atoms with Gasteiger partial charge in [0.05, 0.1) is 5.56 Å². The second-order valence-electron chi connectivity index (χ2n) is 4.47. The zero-order chi connectivity index (χ0) is 13.8. The van der Waals surface area contributed by atoms with E-state index in [2.05, 4.69) is 21.2 Å². The van der Waals surface area contributed by atoms with E-state index >= 15 is 0 Å². The van der Waals surface area contributed by atoms with Crippen LogP contribution < -0.4 is 5.32 Å². The van der Waals surface area contributed by atoms with Crippen molar-refractivity contribution >= 4 is 21.8 Å². The maximum absolute atomic E-state index is 13.5. The molecule has 0 spiro atoms. The van der Waals surface area contributed by atoms with Crippen LogP contribution in [0, 0.1) is 5.82 Å². The van der Waals surface area contributed by atoms with E-state index in [0.29, 0.717) is 0 Å². The van der Waals surface area contributed by atoms with Gasteiger partial charge in [-0.1, -0.05) is 22.9 Å². The van der Waals surface area contributed by atoms with Crippen LogP contribution in [0.1, 0.15) is 37.0 Å². The summed E-state index contributed by atoms with van der Waals surface area (Å²) < 4.78 is 13.5. The third-order valence-corrected chi connectivity index (χ3v) is 3.44. The fourth-order valence-electron chi connectivity index (χ4n) is 1.57. The summed E-state index contributed by atoms with van der Waals surface area (Å²) in [4.78, 5) is 12.0. The first-order valence-corrected chi connectivity index (χ1v) is 6.91. The molecule has 0 fully saturated rings. The highest BCUT2D eigenvalue weighted by Gasteiger charge is 2.25. The molecule has 0 bridgehead atoms. The molecule has 18 heavy (non-hydrogen) atoms. The van der Waals surface area contributed by atoms with Crippen molar-refractivity contribution in [3.8, 4) is 5.75 Å². The molecule has 100 valence electrons. The van der Waals surface area contributed by atoms with Gasteiger partial charge in [0.1, 0.15) is 11.6 Å². The second kappa shape index (κ2) is 6.18. The number of phenolic OH excluding ortho intramolecular Hbond substituents is 1. The van der Waals surface area contributed by atoms with Crippen molar-refractivity contribution in [3.63, 3.8) is 0 Å². The fraction of sp³-hybridized carbons (Fsp3) is 0.462. The first-order valence-electron chi connectivity index (χ1n) is 5.79. The molecule has 3 nitrogen and oxygen atoms in total. The smallest absolute Gasteiger partial charge is 0.254 e. The molecule has 1 rings (SSSR count). The number of benzene rings is 1. The van der Waals surface area contributed by atoms with Crippen LogP contribution in [0.5, 0.6) is 5.75 Å². The molecule has 0 aliphatic carbocycles. The van der Waals surface area contributed by atoms with Crippen LogP contribution in [-0.4, -0.2) is 21.9 Å². The molecular formula is C13H17BrFNO2. The summed E-state index contributed by atoms with van der Waals surface area (Å²) in [7, 11) is 0. The van der Waals surface area contributed by atoms with Gasteiger partial charge in [0.25, 0.3) is 5.91 Å². The van der Waals surface area contributed by atoms with Crippen molar-refractivity contribution in [3.05, 3.63) is 29.6 Å². The summed E-state index contributed by atoms with van der Waals surface area (Å²) in [6, 6.07) is 3.51. The Kier molecular flexibility index (Phi) is 5.14. The van der Waals surface area contributed by atoms with E-state index in [1.54, 1.807) is 0 Å². The lowest BCUT2D eigenvalue weighted by atomic mass is 9.95. The molecule has 0 saturated carbocycles. The lowest BCUT2D eigenvalue weighted by molar-refractivity contribution is 0.0897. The Balaban J connectivity index is 2.87. The lowest BCUT2D eigenvalue weighted by Crippen LogP contribution is -2.46. The summed E-state index contributed by atoms with van der Waals surface area (Å²) in [5.74, 6) is -1.37. The zero-order valence-electron chi connectivity index (χ0n) is 10.5. The van der Waals surface area contributed by atoms with Gasteiger partial charge in [0, 0.05) is 16.9 Å². The van der Waals surface area contributed by atoms with E-state index in [0.717, 1.165) is 24.2 Å². The fourth-order valence-corrected chi connectivity index (χ4v) is 2.44. The Labute approximate surface area is 115 Å². The van der Waals surface area contributed by atoms with Gasteiger partial charge < -0.3 is 10.4 Å². The number of amides is 1. The molecule has 1 atom stereocenters. The Hall–Kier alpha value is -1.10. The molecule has 1 amide bonds. The molecule has 2 N–H and O–H groups in total. The van der Waals surface area contributed by atoms with Gasteiger partial charge in [-0.05, 0) is 31.9 Å². The number of rotatable bonds is 5. The largest absolute Gasteiger partial charge is 0.508 e. The number of nitrogens with one attached hydrogen (secondary N) is 1. The van der Waals surface area contributed by atoms with Crippen LogP contribution in [0.4, 0.5) is 4.39 Å². The van der Waals surface area contributed by atoms with Crippen LogP contribution >= 0.6 is 15.9 Å². The van der Waals surface area contributed by atoms with Gasteiger partial charge in [-0.3, -0.25) is 4.79 Å². The average Bonchev–Trinajstić information content (AvgIpc) is 2.28. The minimum Gasteiger partial charge on any atom is -0.508 e. The Morgan fingerprint density at radius 1 is 1.56 bits per heavy atom. The normalized spacial score (nSPS) is 14.0. The Bertz CT molecular complexity index is 439. The van der Waals surface area contributed by atoms with E-state index in [4.69, 9.17) is 5.11 Å². The van der Waals surface area contributed by atoms with Gasteiger partial charge in [-0.25, -0.2) is 4.39 Å². The summed E-state index contributed by atoms with van der Waals surface area (Å²) in [6.45, 7) is 3.89. The van der Waals surface area contributed by atoms with Crippen LogP contribution in [-0.2, 0) is 0 Å². The molecule has 1 aromatic rings. The Morgan fingerprint density at radius 2 is 2.22 bits per heavy atom. The molecule has 0 saturated heterocycles. The number of phenols is 1. The van der Waals surface area contributed by atoms with E-state index < -0.39 is 11.7 Å². The first kappa shape index (κ1) is 15.0. The van der Waals surface area contributed by atoms with Crippen LogP contribution in [0.2, 0.25) is 0 Å². The molecule has 0 aliphatic heterocycles. The van der Waals surface area contributed by atoms with E-state index in [1.807, 2.05) is 13.8 Å². The highest BCUT2D eigenvalue weighted by molar-refractivity contribution is 9.09. The maximum Gasteiger partial charge on any atom is 0.254 e. The van der Waals surface area contributed by atoms with Crippen molar-refractivity contribution in [2.24, 2.45) is 0 Å². The van der Waals surface area contributed by atoms with Gasteiger partial charge in [0.15, 0.2) is 0 Å². The van der Waals surface area contributed by atoms with E-state index in [-0.39, 0.29) is 16.9 Å². The van der Waals surface area contributed by atoms with Gasteiger partial charge >= 0.3 is 0 Å². The van der Waals surface area contributed by atoms with Gasteiger partial charge in [-0.15, -0.1) is 0 Å². The predicted octanol–water partition coefficient (Wildman–Crippen LogP) is 3.21. The number of hydrogen-bond donors (Lipinski definition) is 2. The van der Waals surface area contributed by atoms with Gasteiger partial charge in [0.2, 0.25) is 0 Å². The summed E-state index contributed by atoms with van der Waals surface area (Å²) in [5.41, 5.74) is -0.424. The number of carbonyl (C=O) groups excluding carboxylic acids is 1. The highest BCUT2D eigenvalue weighted by atomic mass is 79.9. The quantitative estimate of drug-likeness (QED) is 0.819. The molecule has 1 unspecified atom stereocenters. The molecule has 1 aromatic carbocycles. The predicted molar refractivity (Wildman–Crippen MR) is 72.6 cm³/mol. The van der Waals surface area contributed by atoms with Crippen molar-refractivity contribution in [1.82, 2.24) is 5.32 Å². The topological polar surface area (TPSA) is 49.3 Å². The highest BCUT2D eigenvalue weighted by Crippen LogP contribution is 2.19. The minimum atomic E-state index is -0.718. The van der Waals surface area contributed by atoms with Gasteiger partial charge in [-0.2, -0.15) is 0 Å². The minimum absolute atomic E-state index is 0.0537. The number of alkyl halides is 1. The van der Waals surface area contributed by atoms with Crippen LogP contribution in [0.15, 0.2) is 18.2 Å². The third kappa shape index (κ3) is 3.70. The first-order chi connectivity index (χ1) is 8.41. The third-order valence-electron chi connectivity index (χ3n) is 3.04. The molecule has 0 heterocycles. The monoisotopic (exact) mass is 317 g/mol. The Morgan fingerprint density at radius 3 is 2.72 bits per heavy atom. The summed E-state index contributed by atoms with van der Waals surface area (Å²) in [5, 5.41) is 12.7. The second-order valence-corrected chi connectivity index (χ2v) is 5.26. The molecule has 0 aromatic heterocycles. The summed E-state index contributed by atoms with van der Waals surface area (Å²) >= 11 is 3.34. The lowest BCUT2D eigenvalue weighted by Gasteiger charge is -2.29. The van der Waals surface area contributed by atoms with Crippen molar-refractivity contribution in [2.75, 3.05) is 5.33 Å². The van der Waals surface area contributed by atoms with Crippen LogP contribution in [0.3, 0.4) is 0 Å². The number of aromatic hydroxyl groups is 1. The number of hydrogen-bond acceptors (Lipinski definition) is 2. The van der Waals surface area contributed by atoms with Crippen molar-refractivity contribution < 1.29 is 14.3 Å². The number of carbonyl (C=O) groups is 1. The van der Waals surface area contributed by atoms with Crippen molar-refractivity contribution in [1.29, 1.82) is 0 Å². The molecular weight excluding hydrogens is 301 g/mol. The molecule has 0 aliphatic rings. The standard InChI is InChI=1S/C13H17BrFNO2/c1-3-13(2,6-7-14)16-12(18)10-5-4-9(17)8-11(10)15/h4-5,8,17H,3,6-7H2,1-2H3,(H,16,18). The van der Waals surface area contributed by atoms with E-state index in [1.165, 1.54) is 12.1 Å². The average molecular weight is 318 g/mol. The van der Waals surface area contributed by atoms with E-state index in [9.17, 15) is 9.18 Å². The molecule has 5 heteroatoms. The SMILES string of the molecule is CCC(C)(CCBr)NC(=O)c1ccc(O)cc1F. The maximum atomic E-state index is 13.5. The van der Waals surface area contributed by atoms with Crippen LogP contribution in [0.25, 0.3) is 0 Å². The van der Waals surface area contributed by atoms with Crippen molar-refractivity contribution in [2.45, 2.75) is 32.2 Å². The number of halogens is 2. The summed E-state index contributed by atoms with van der Waals surface area (Å²) in [6.07, 6.45) is 1.51. The molecule has 0 radical (unpaired) electrons.